The zero-order chi connectivity index (χ0) is 25.7. The molecular formula is C32H37NO2P+. The van der Waals surface area contributed by atoms with Gasteiger partial charge in [0.2, 0.25) is 0 Å². The lowest BCUT2D eigenvalue weighted by atomic mass is 10.0. The van der Waals surface area contributed by atoms with Crippen molar-refractivity contribution in [2.45, 2.75) is 32.9 Å². The van der Waals surface area contributed by atoms with Gasteiger partial charge in [-0.05, 0) is 73.9 Å². The first kappa shape index (κ1) is 26.1. The first-order valence-electron chi connectivity index (χ1n) is 12.4. The highest BCUT2D eigenvalue weighted by Gasteiger charge is 2.54. The van der Waals surface area contributed by atoms with Crippen LogP contribution in [-0.2, 0) is 4.74 Å². The Kier molecular flexibility index (Phi) is 8.26. The smallest absolute Gasteiger partial charge is 0.185 e. The van der Waals surface area contributed by atoms with Crippen LogP contribution in [0.3, 0.4) is 0 Å². The number of nitrogens with zero attached hydrogens (tertiary/aromatic N) is 1. The number of likely N-dealkylation sites (N-methyl/N-ethyl adjacent to an activating group) is 1. The Bertz CT molecular complexity index is 1280. The Balaban J connectivity index is 2.05. The molecule has 0 spiro atoms. The number of aryl methyl sites for hydroxylation is 2. The van der Waals surface area contributed by atoms with Gasteiger partial charge in [-0.25, -0.2) is 0 Å². The Morgan fingerprint density at radius 3 is 1.92 bits per heavy atom. The van der Waals surface area contributed by atoms with Gasteiger partial charge in [0, 0.05) is 14.2 Å². The van der Waals surface area contributed by atoms with Gasteiger partial charge in [-0.3, -0.25) is 0 Å². The summed E-state index contributed by atoms with van der Waals surface area (Å²) in [5, 5.41) is 3.80. The molecule has 4 aromatic rings. The number of hydrogen-bond acceptors (Lipinski definition) is 3. The van der Waals surface area contributed by atoms with Crippen LogP contribution in [-0.4, -0.2) is 32.0 Å². The molecule has 0 fully saturated rings. The molecule has 0 amide bonds. The van der Waals surface area contributed by atoms with Crippen molar-refractivity contribution in [2.75, 3.05) is 21.3 Å². The van der Waals surface area contributed by atoms with E-state index in [2.05, 4.69) is 130 Å². The normalized spacial score (nSPS) is 14.8. The summed E-state index contributed by atoms with van der Waals surface area (Å²) in [6.07, 6.45) is -0.0967. The lowest BCUT2D eigenvalue weighted by Crippen LogP contribution is -2.47. The summed E-state index contributed by atoms with van der Waals surface area (Å²) in [7, 11) is 3.47. The molecule has 0 aliphatic rings. The molecule has 0 N–H and O–H groups in total. The summed E-state index contributed by atoms with van der Waals surface area (Å²) in [4.78, 5) is 0. The van der Waals surface area contributed by atoms with Gasteiger partial charge in [0.25, 0.3) is 0 Å². The van der Waals surface area contributed by atoms with Gasteiger partial charge >= 0.3 is 0 Å². The number of benzene rings is 4. The molecule has 3 atom stereocenters. The molecule has 0 radical (unpaired) electrons. The molecular weight excluding hydrogens is 461 g/mol. The monoisotopic (exact) mass is 498 g/mol. The van der Waals surface area contributed by atoms with Gasteiger partial charge in [0.1, 0.15) is 16.7 Å². The third-order valence-corrected chi connectivity index (χ3v) is 11.8. The maximum absolute atomic E-state index is 6.17. The zero-order valence-corrected chi connectivity index (χ0v) is 23.1. The number of ether oxygens (including phenoxy) is 2. The van der Waals surface area contributed by atoms with E-state index in [1.807, 2.05) is 13.2 Å². The van der Waals surface area contributed by atoms with Crippen molar-refractivity contribution in [3.63, 3.8) is 0 Å². The Morgan fingerprint density at radius 2 is 1.31 bits per heavy atom. The fourth-order valence-electron chi connectivity index (χ4n) is 5.15. The minimum absolute atomic E-state index is 0.0671. The van der Waals surface area contributed by atoms with Crippen molar-refractivity contribution in [3.8, 4) is 5.75 Å². The molecule has 0 aliphatic heterocycles. The van der Waals surface area contributed by atoms with E-state index >= 15 is 0 Å². The molecule has 36 heavy (non-hydrogen) atoms. The molecule has 0 aliphatic carbocycles. The lowest BCUT2D eigenvalue weighted by molar-refractivity contribution is 0.0551. The summed E-state index contributed by atoms with van der Waals surface area (Å²) in [6, 6.07) is 36.9. The van der Waals surface area contributed by atoms with Crippen molar-refractivity contribution in [1.29, 1.82) is 0 Å². The van der Waals surface area contributed by atoms with Crippen LogP contribution in [0.25, 0.3) is 0 Å². The number of hydrogen-bond donors (Lipinski definition) is 0. The number of para-hydroxylation sites is 1. The van der Waals surface area contributed by atoms with Crippen LogP contribution < -0.4 is 20.7 Å². The summed E-state index contributed by atoms with van der Waals surface area (Å²) in [6.45, 7) is 6.65. The summed E-state index contributed by atoms with van der Waals surface area (Å²) in [5.74, 6) is 0.903. The second-order valence-corrected chi connectivity index (χ2v) is 12.7. The van der Waals surface area contributed by atoms with Gasteiger partial charge in [0.05, 0.1) is 13.2 Å². The molecule has 0 saturated heterocycles. The van der Waals surface area contributed by atoms with Gasteiger partial charge in [-0.15, -0.1) is 0 Å². The van der Waals surface area contributed by atoms with E-state index in [-0.39, 0.29) is 12.1 Å². The highest BCUT2D eigenvalue weighted by atomic mass is 31.2. The molecule has 0 heterocycles. The van der Waals surface area contributed by atoms with Crippen LogP contribution in [0.2, 0.25) is 0 Å². The highest BCUT2D eigenvalue weighted by molar-refractivity contribution is 7.94. The van der Waals surface area contributed by atoms with Gasteiger partial charge in [0.15, 0.2) is 18.5 Å². The van der Waals surface area contributed by atoms with Crippen molar-refractivity contribution in [1.82, 2.24) is 4.67 Å². The second kappa shape index (κ2) is 11.4. The molecule has 4 rings (SSSR count). The van der Waals surface area contributed by atoms with Crippen molar-refractivity contribution in [3.05, 3.63) is 120 Å². The van der Waals surface area contributed by atoms with E-state index in [9.17, 15) is 0 Å². The maximum Gasteiger partial charge on any atom is 0.185 e. The van der Waals surface area contributed by atoms with E-state index in [0.29, 0.717) is 0 Å². The van der Waals surface area contributed by atoms with E-state index in [0.717, 1.165) is 5.75 Å². The first-order valence-corrected chi connectivity index (χ1v) is 14.2. The minimum atomic E-state index is -2.36. The van der Waals surface area contributed by atoms with Gasteiger partial charge in [-0.2, -0.15) is 4.67 Å². The Labute approximate surface area is 217 Å². The first-order chi connectivity index (χ1) is 17.4. The summed E-state index contributed by atoms with van der Waals surface area (Å²) < 4.78 is 14.7. The van der Waals surface area contributed by atoms with Crippen molar-refractivity contribution in [2.24, 2.45) is 0 Å². The van der Waals surface area contributed by atoms with E-state index in [4.69, 9.17) is 9.47 Å². The molecule has 1 unspecified atom stereocenters. The van der Waals surface area contributed by atoms with E-state index in [1.165, 1.54) is 32.6 Å². The Hall–Kier alpha value is -2.97. The molecule has 0 bridgehead atoms. The fourth-order valence-corrected chi connectivity index (χ4v) is 9.80. The van der Waals surface area contributed by atoms with Crippen LogP contribution in [0, 0.1) is 13.8 Å². The maximum atomic E-state index is 6.17. The number of methoxy groups -OCH3 is 2. The fraction of sp³-hybridized carbons (Fsp3) is 0.250. The van der Waals surface area contributed by atoms with Gasteiger partial charge in [-0.1, -0.05) is 66.7 Å². The average molecular weight is 499 g/mol. The molecule has 4 aromatic carbocycles. The van der Waals surface area contributed by atoms with Crippen LogP contribution >= 0.6 is 7.41 Å². The molecule has 3 nitrogen and oxygen atoms in total. The third-order valence-electron chi connectivity index (χ3n) is 7.31. The Morgan fingerprint density at radius 1 is 0.694 bits per heavy atom. The SMILES string of the molecule is COc1ccccc1[P+](c1ccccc1)(c1ccc(C)c(C)c1)N(C)[C@H](C)[C@@H](OC)c1ccccc1. The summed E-state index contributed by atoms with van der Waals surface area (Å²) >= 11 is 0. The minimum Gasteiger partial charge on any atom is -0.493 e. The second-order valence-electron chi connectivity index (χ2n) is 9.29. The molecule has 186 valence electrons. The summed E-state index contributed by atoms with van der Waals surface area (Å²) in [5.41, 5.74) is 3.75. The molecule has 0 saturated carbocycles. The topological polar surface area (TPSA) is 21.7 Å². The van der Waals surface area contributed by atoms with Crippen LogP contribution in [0.1, 0.15) is 29.7 Å². The molecule has 0 aromatic heterocycles. The predicted octanol–water partition coefficient (Wildman–Crippen LogP) is 6.23. The number of rotatable bonds is 9. The van der Waals surface area contributed by atoms with Crippen LogP contribution in [0.4, 0.5) is 0 Å². The quantitative estimate of drug-likeness (QED) is 0.256. The zero-order valence-electron chi connectivity index (χ0n) is 22.2. The highest BCUT2D eigenvalue weighted by Crippen LogP contribution is 2.61. The largest absolute Gasteiger partial charge is 0.493 e. The lowest BCUT2D eigenvalue weighted by Gasteiger charge is -2.40. The predicted molar refractivity (Wildman–Crippen MR) is 155 cm³/mol. The van der Waals surface area contributed by atoms with Gasteiger partial charge < -0.3 is 9.47 Å². The van der Waals surface area contributed by atoms with E-state index in [1.54, 1.807) is 7.11 Å². The average Bonchev–Trinajstić information content (AvgIpc) is 2.92. The van der Waals surface area contributed by atoms with Crippen LogP contribution in [0.5, 0.6) is 5.75 Å². The van der Waals surface area contributed by atoms with E-state index < -0.39 is 7.41 Å². The standard InChI is InChI=1S/C32H37NO2P/c1-24-21-22-29(23-25(24)2)36(28-17-11-8-12-18-28,31-20-14-13-19-30(31)34-5)33(4)26(3)32(35-6)27-15-9-7-10-16-27/h7-23,26,32H,1-6H3/q+1/t26-,32-,36?/m1/s1. The molecule has 4 heteroatoms. The van der Waals surface area contributed by atoms with Crippen molar-refractivity contribution < 1.29 is 9.47 Å². The van der Waals surface area contributed by atoms with Crippen LogP contribution in [0.15, 0.2) is 103 Å². The third kappa shape index (κ3) is 4.72. The van der Waals surface area contributed by atoms with Crippen molar-refractivity contribution >= 4 is 23.3 Å².